The summed E-state index contributed by atoms with van der Waals surface area (Å²) in [5.41, 5.74) is -0.383. The second-order valence-corrected chi connectivity index (χ2v) is 4.10. The Balaban J connectivity index is 2.82. The monoisotopic (exact) mass is 296 g/mol. The van der Waals surface area contributed by atoms with Crippen LogP contribution in [0.4, 0.5) is 5.69 Å². The van der Waals surface area contributed by atoms with Gasteiger partial charge in [-0.05, 0) is 12.5 Å². The number of carbonyl (C=O) groups is 3. The van der Waals surface area contributed by atoms with Crippen molar-refractivity contribution in [3.8, 4) is 0 Å². The van der Waals surface area contributed by atoms with Crippen molar-refractivity contribution in [2.75, 3.05) is 0 Å². The number of carboxylic acid groups (broad SMARTS) is 2. The van der Waals surface area contributed by atoms with E-state index in [0.29, 0.717) is 0 Å². The summed E-state index contributed by atoms with van der Waals surface area (Å²) in [7, 11) is 0. The number of nitro benzene ring substituents is 1. The number of nitro groups is 1. The predicted octanol–water partition coefficient (Wildman–Crippen LogP) is 0.643. The van der Waals surface area contributed by atoms with Crippen LogP contribution in [0.2, 0.25) is 0 Å². The molecular formula is C12H12N2O7. The van der Waals surface area contributed by atoms with Gasteiger partial charge < -0.3 is 15.5 Å². The highest BCUT2D eigenvalue weighted by Gasteiger charge is 2.22. The lowest BCUT2D eigenvalue weighted by Gasteiger charge is -2.13. The molecule has 1 aromatic rings. The van der Waals surface area contributed by atoms with Crippen molar-refractivity contribution in [1.82, 2.24) is 5.32 Å². The van der Waals surface area contributed by atoms with E-state index < -0.39 is 35.2 Å². The first-order valence-electron chi connectivity index (χ1n) is 5.81. The third kappa shape index (κ3) is 4.90. The minimum Gasteiger partial charge on any atom is -0.481 e. The van der Waals surface area contributed by atoms with Crippen LogP contribution in [0.3, 0.4) is 0 Å². The standard InChI is InChI=1S/C12H12N2O7/c15-10(16)5-4-9(12(18)19)13-11(17)7-2-1-3-8(6-7)14(20)21/h1-3,6,9H,4-5H2,(H,13,17)(H,15,16)(H,18,19)/t9-/m1/s1. The van der Waals surface area contributed by atoms with Crippen molar-refractivity contribution in [3.05, 3.63) is 39.9 Å². The SMILES string of the molecule is O=C(O)CC[C@@H](NC(=O)c1cccc([N+](=O)[O-])c1)C(=O)O. The third-order valence-electron chi connectivity index (χ3n) is 2.57. The quantitative estimate of drug-likeness (QED) is 0.494. The number of nitrogens with zero attached hydrogens (tertiary/aromatic N) is 1. The van der Waals surface area contributed by atoms with Crippen LogP contribution in [-0.4, -0.2) is 39.0 Å². The van der Waals surface area contributed by atoms with E-state index >= 15 is 0 Å². The van der Waals surface area contributed by atoms with Crippen molar-refractivity contribution in [1.29, 1.82) is 0 Å². The van der Waals surface area contributed by atoms with Crippen LogP contribution in [0.15, 0.2) is 24.3 Å². The summed E-state index contributed by atoms with van der Waals surface area (Å²) in [6.07, 6.45) is -0.711. The smallest absolute Gasteiger partial charge is 0.326 e. The predicted molar refractivity (Wildman–Crippen MR) is 68.9 cm³/mol. The Labute approximate surface area is 118 Å². The van der Waals surface area contributed by atoms with E-state index in [-0.39, 0.29) is 17.7 Å². The second-order valence-electron chi connectivity index (χ2n) is 4.10. The van der Waals surface area contributed by atoms with Gasteiger partial charge in [-0.1, -0.05) is 6.07 Å². The van der Waals surface area contributed by atoms with Crippen LogP contribution >= 0.6 is 0 Å². The molecule has 0 radical (unpaired) electrons. The molecule has 112 valence electrons. The maximum Gasteiger partial charge on any atom is 0.326 e. The molecule has 0 spiro atoms. The Kier molecular flexibility index (Phi) is 5.35. The summed E-state index contributed by atoms with van der Waals surface area (Å²) >= 11 is 0. The Hall–Kier alpha value is -2.97. The maximum atomic E-state index is 11.8. The van der Waals surface area contributed by atoms with Crippen LogP contribution in [0.25, 0.3) is 0 Å². The zero-order valence-corrected chi connectivity index (χ0v) is 10.7. The zero-order valence-electron chi connectivity index (χ0n) is 10.7. The highest BCUT2D eigenvalue weighted by atomic mass is 16.6. The zero-order chi connectivity index (χ0) is 16.0. The molecule has 9 nitrogen and oxygen atoms in total. The van der Waals surface area contributed by atoms with Crippen LogP contribution in [0, 0.1) is 10.1 Å². The number of benzene rings is 1. The van der Waals surface area contributed by atoms with Crippen molar-refractivity contribution in [2.45, 2.75) is 18.9 Å². The van der Waals surface area contributed by atoms with Crippen molar-refractivity contribution >= 4 is 23.5 Å². The van der Waals surface area contributed by atoms with Gasteiger partial charge in [0.1, 0.15) is 6.04 Å². The van der Waals surface area contributed by atoms with E-state index in [1.165, 1.54) is 18.2 Å². The molecule has 0 aliphatic carbocycles. The highest BCUT2D eigenvalue weighted by molar-refractivity contribution is 5.97. The maximum absolute atomic E-state index is 11.8. The second kappa shape index (κ2) is 6.98. The number of aliphatic carboxylic acids is 2. The molecule has 0 bridgehead atoms. The highest BCUT2D eigenvalue weighted by Crippen LogP contribution is 2.13. The minimum absolute atomic E-state index is 0.0780. The Morgan fingerprint density at radius 2 is 1.95 bits per heavy atom. The molecule has 0 saturated heterocycles. The molecule has 1 rings (SSSR count). The molecule has 0 aliphatic heterocycles. The van der Waals surface area contributed by atoms with Crippen LogP contribution in [0.5, 0.6) is 0 Å². The fourth-order valence-corrected chi connectivity index (χ4v) is 1.53. The Morgan fingerprint density at radius 1 is 1.29 bits per heavy atom. The number of hydrogen-bond acceptors (Lipinski definition) is 5. The van der Waals surface area contributed by atoms with Gasteiger partial charge in [0.05, 0.1) is 4.92 Å². The fraction of sp³-hybridized carbons (Fsp3) is 0.250. The van der Waals surface area contributed by atoms with Crippen LogP contribution in [-0.2, 0) is 9.59 Å². The average molecular weight is 296 g/mol. The first kappa shape index (κ1) is 16.1. The number of non-ortho nitro benzene ring substituents is 1. The number of nitrogens with one attached hydrogen (secondary N) is 1. The summed E-state index contributed by atoms with van der Waals surface area (Å²) in [5.74, 6) is -3.39. The van der Waals surface area contributed by atoms with Gasteiger partial charge in [0.15, 0.2) is 0 Å². The first-order chi connectivity index (χ1) is 9.81. The molecular weight excluding hydrogens is 284 g/mol. The molecule has 21 heavy (non-hydrogen) atoms. The van der Waals surface area contributed by atoms with Gasteiger partial charge in [-0.25, -0.2) is 4.79 Å². The first-order valence-corrected chi connectivity index (χ1v) is 5.81. The van der Waals surface area contributed by atoms with Gasteiger partial charge >= 0.3 is 11.9 Å². The Bertz CT molecular complexity index is 585. The molecule has 1 atom stereocenters. The van der Waals surface area contributed by atoms with Crippen molar-refractivity contribution in [3.63, 3.8) is 0 Å². The molecule has 0 heterocycles. The van der Waals surface area contributed by atoms with E-state index in [9.17, 15) is 24.5 Å². The molecule has 0 aromatic heterocycles. The number of hydrogen-bond donors (Lipinski definition) is 3. The molecule has 1 amide bonds. The van der Waals surface area contributed by atoms with E-state index in [2.05, 4.69) is 5.32 Å². The summed E-state index contributed by atoms with van der Waals surface area (Å²) in [4.78, 5) is 43.1. The van der Waals surface area contributed by atoms with E-state index in [4.69, 9.17) is 10.2 Å². The van der Waals surface area contributed by atoms with Crippen molar-refractivity contribution in [2.24, 2.45) is 0 Å². The van der Waals surface area contributed by atoms with E-state index in [0.717, 1.165) is 6.07 Å². The van der Waals surface area contributed by atoms with E-state index in [1.807, 2.05) is 0 Å². The number of rotatable bonds is 7. The van der Waals surface area contributed by atoms with Crippen LogP contribution < -0.4 is 5.32 Å². The molecule has 9 heteroatoms. The summed E-state index contributed by atoms with van der Waals surface area (Å²) in [6.45, 7) is 0. The lowest BCUT2D eigenvalue weighted by atomic mass is 10.1. The van der Waals surface area contributed by atoms with Gasteiger partial charge in [0.25, 0.3) is 11.6 Å². The van der Waals surface area contributed by atoms with Crippen molar-refractivity contribution < 1.29 is 29.5 Å². The van der Waals surface area contributed by atoms with E-state index in [1.54, 1.807) is 0 Å². The molecule has 0 saturated carbocycles. The third-order valence-corrected chi connectivity index (χ3v) is 2.57. The topological polar surface area (TPSA) is 147 Å². The van der Waals surface area contributed by atoms with Gasteiger partial charge in [0.2, 0.25) is 0 Å². The van der Waals surface area contributed by atoms with Gasteiger partial charge in [-0.15, -0.1) is 0 Å². The Morgan fingerprint density at radius 3 is 2.48 bits per heavy atom. The molecule has 0 unspecified atom stereocenters. The molecule has 1 aromatic carbocycles. The van der Waals surface area contributed by atoms with Gasteiger partial charge in [-0.2, -0.15) is 0 Å². The summed E-state index contributed by atoms with van der Waals surface area (Å²) in [5, 5.41) is 30.1. The molecule has 3 N–H and O–H groups in total. The van der Waals surface area contributed by atoms with Gasteiger partial charge in [0, 0.05) is 24.1 Å². The fourth-order valence-electron chi connectivity index (χ4n) is 1.53. The molecule has 0 fully saturated rings. The normalized spacial score (nSPS) is 11.4. The lowest BCUT2D eigenvalue weighted by Crippen LogP contribution is -2.41. The largest absolute Gasteiger partial charge is 0.481 e. The average Bonchev–Trinajstić information content (AvgIpc) is 2.42. The molecule has 0 aliphatic rings. The number of carbonyl (C=O) groups excluding carboxylic acids is 1. The summed E-state index contributed by atoms with van der Waals surface area (Å²) < 4.78 is 0. The lowest BCUT2D eigenvalue weighted by molar-refractivity contribution is -0.384. The number of carboxylic acids is 2. The van der Waals surface area contributed by atoms with Crippen LogP contribution in [0.1, 0.15) is 23.2 Å². The van der Waals surface area contributed by atoms with Gasteiger partial charge in [-0.3, -0.25) is 19.7 Å². The summed E-state index contributed by atoms with van der Waals surface area (Å²) in [6, 6.07) is 3.40. The minimum atomic E-state index is -1.38. The number of amides is 1.